The average molecular weight is 801 g/mol. The summed E-state index contributed by atoms with van der Waals surface area (Å²) in [7, 11) is 0. The van der Waals surface area contributed by atoms with Crippen LogP contribution in [0.2, 0.25) is 0 Å². The fourth-order valence-corrected chi connectivity index (χ4v) is 6.43. The zero-order chi connectivity index (χ0) is 42.6. The van der Waals surface area contributed by atoms with Crippen molar-refractivity contribution in [2.75, 3.05) is 92.3 Å². The molecule has 0 aliphatic carbocycles. The minimum absolute atomic E-state index is 0.0729. The summed E-state index contributed by atoms with van der Waals surface area (Å²) in [4.78, 5) is 2.54. The molecule has 0 atom stereocenters. The van der Waals surface area contributed by atoms with Gasteiger partial charge in [0.25, 0.3) is 0 Å². The monoisotopic (exact) mass is 801 g/mol. The van der Waals surface area contributed by atoms with Gasteiger partial charge in [0.05, 0.1) is 45.2 Å². The summed E-state index contributed by atoms with van der Waals surface area (Å²) in [6.07, 6.45) is 15.7. The summed E-state index contributed by atoms with van der Waals surface area (Å²) in [6, 6.07) is 0. The van der Waals surface area contributed by atoms with Gasteiger partial charge in [0.15, 0.2) is 0 Å². The summed E-state index contributed by atoms with van der Waals surface area (Å²) in [6.45, 7) is 45.0. The molecule has 8 nitrogen and oxygen atoms in total. The van der Waals surface area contributed by atoms with E-state index in [0.29, 0.717) is 38.4 Å². The number of rotatable bonds is 37. The normalized spacial score (nSPS) is 13.7. The Morgan fingerprint density at radius 2 is 0.911 bits per heavy atom. The van der Waals surface area contributed by atoms with Crippen molar-refractivity contribution in [2.24, 2.45) is 16.2 Å². The van der Waals surface area contributed by atoms with Crippen molar-refractivity contribution in [3.8, 4) is 0 Å². The van der Waals surface area contributed by atoms with E-state index in [1.165, 1.54) is 44.9 Å². The molecule has 56 heavy (non-hydrogen) atoms. The predicted molar refractivity (Wildman–Crippen MR) is 240 cm³/mol. The second kappa shape index (κ2) is 29.8. The maximum Gasteiger partial charge on any atom is 0.0753 e. The maximum absolute atomic E-state index is 6.32. The Labute approximate surface area is 350 Å². The molecule has 0 saturated carbocycles. The van der Waals surface area contributed by atoms with Gasteiger partial charge < -0.3 is 33.7 Å². The lowest BCUT2D eigenvalue weighted by atomic mass is 9.83. The van der Waals surface area contributed by atoms with Gasteiger partial charge >= 0.3 is 0 Å². The zero-order valence-electron chi connectivity index (χ0n) is 40.5. The first-order valence-corrected chi connectivity index (χ1v) is 23.0. The van der Waals surface area contributed by atoms with Crippen LogP contribution in [0.25, 0.3) is 0 Å². The molecule has 0 saturated heterocycles. The smallest absolute Gasteiger partial charge is 0.0753 e. The summed E-state index contributed by atoms with van der Waals surface area (Å²) < 4.78 is 35.6. The molecule has 338 valence electrons. The van der Waals surface area contributed by atoms with E-state index in [1.54, 1.807) is 0 Å². The molecule has 0 rings (SSSR count). The van der Waals surface area contributed by atoms with Gasteiger partial charge in [0.2, 0.25) is 0 Å². The molecule has 0 aromatic carbocycles. The molecule has 0 spiro atoms. The molecule has 1 N–H and O–H groups in total. The van der Waals surface area contributed by atoms with Crippen LogP contribution in [0.1, 0.15) is 187 Å². The summed E-state index contributed by atoms with van der Waals surface area (Å²) in [5, 5.41) is 3.82. The van der Waals surface area contributed by atoms with Crippen molar-refractivity contribution in [1.29, 1.82) is 0 Å². The highest BCUT2D eigenvalue weighted by Gasteiger charge is 2.29. The molecule has 0 fully saturated rings. The van der Waals surface area contributed by atoms with Crippen LogP contribution in [0, 0.1) is 16.2 Å². The summed E-state index contributed by atoms with van der Waals surface area (Å²) in [5.41, 5.74) is 0.855. The van der Waals surface area contributed by atoms with Gasteiger partial charge in [-0.1, -0.05) is 87.5 Å². The van der Waals surface area contributed by atoms with E-state index in [0.717, 1.165) is 97.8 Å². The van der Waals surface area contributed by atoms with Crippen LogP contribution in [-0.4, -0.2) is 114 Å². The van der Waals surface area contributed by atoms with Gasteiger partial charge in [0, 0.05) is 50.7 Å². The van der Waals surface area contributed by atoms with E-state index < -0.39 is 0 Å². The molecule has 0 aromatic heterocycles. The quantitative estimate of drug-likeness (QED) is 0.0623. The fourth-order valence-electron chi connectivity index (χ4n) is 6.43. The van der Waals surface area contributed by atoms with E-state index in [2.05, 4.69) is 114 Å². The number of ether oxygens (including phenoxy) is 6. The Balaban J connectivity index is 3.93. The van der Waals surface area contributed by atoms with E-state index in [1.807, 2.05) is 0 Å². The van der Waals surface area contributed by atoms with Crippen molar-refractivity contribution in [1.82, 2.24) is 10.2 Å². The molecule has 0 aliphatic rings. The van der Waals surface area contributed by atoms with Crippen molar-refractivity contribution in [2.45, 2.75) is 204 Å². The van der Waals surface area contributed by atoms with Crippen LogP contribution >= 0.6 is 0 Å². The van der Waals surface area contributed by atoms with Crippen LogP contribution < -0.4 is 5.32 Å². The Bertz CT molecular complexity index is 903. The summed E-state index contributed by atoms with van der Waals surface area (Å²) in [5.74, 6) is 0. The van der Waals surface area contributed by atoms with Gasteiger partial charge in [-0.05, 0) is 129 Å². The third-order valence-electron chi connectivity index (χ3n) is 10.1. The van der Waals surface area contributed by atoms with Crippen LogP contribution in [0.3, 0.4) is 0 Å². The molecule has 0 aliphatic heterocycles. The van der Waals surface area contributed by atoms with Gasteiger partial charge in [-0.2, -0.15) is 0 Å². The second-order valence-electron chi connectivity index (χ2n) is 22.0. The Kier molecular flexibility index (Phi) is 29.7. The second-order valence-corrected chi connectivity index (χ2v) is 22.0. The summed E-state index contributed by atoms with van der Waals surface area (Å²) >= 11 is 0. The molecular weight excluding hydrogens is 701 g/mol. The van der Waals surface area contributed by atoms with Gasteiger partial charge in [0.1, 0.15) is 0 Å². The van der Waals surface area contributed by atoms with Gasteiger partial charge in [-0.15, -0.1) is 0 Å². The lowest BCUT2D eigenvalue weighted by molar-refractivity contribution is -0.0625. The number of hydrogen-bond donors (Lipinski definition) is 1. The van der Waals surface area contributed by atoms with Crippen LogP contribution in [0.4, 0.5) is 0 Å². The van der Waals surface area contributed by atoms with Gasteiger partial charge in [-0.25, -0.2) is 0 Å². The van der Waals surface area contributed by atoms with E-state index in [4.69, 9.17) is 28.4 Å². The van der Waals surface area contributed by atoms with Crippen LogP contribution in [0.15, 0.2) is 0 Å². The van der Waals surface area contributed by atoms with Crippen LogP contribution in [0.5, 0.6) is 0 Å². The SMILES string of the molecule is CC(C)(C)CCCCCCCCNC(C)(C)CCC(C)(C)COCCOCCOCCCCN(CC(C)(C)OCCCOCCCOCC(C)(C)C)C(C)(C)C. The number of nitrogens with zero attached hydrogens (tertiary/aromatic N) is 1. The van der Waals surface area contributed by atoms with Crippen LogP contribution in [-0.2, 0) is 28.4 Å². The Morgan fingerprint density at radius 3 is 1.52 bits per heavy atom. The number of unbranched alkanes of at least 4 members (excludes halogenated alkanes) is 6. The molecule has 8 heteroatoms. The first-order valence-electron chi connectivity index (χ1n) is 23.0. The van der Waals surface area contributed by atoms with Crippen molar-refractivity contribution < 1.29 is 28.4 Å². The fraction of sp³-hybridized carbons (Fsp3) is 1.00. The average Bonchev–Trinajstić information content (AvgIpc) is 3.06. The molecule has 0 aromatic rings. The molecule has 0 bridgehead atoms. The molecule has 0 unspecified atom stereocenters. The highest BCUT2D eigenvalue weighted by atomic mass is 16.5. The van der Waals surface area contributed by atoms with Gasteiger partial charge in [-0.3, -0.25) is 4.90 Å². The molecule has 0 heterocycles. The van der Waals surface area contributed by atoms with E-state index in [9.17, 15) is 0 Å². The standard InChI is InChI=1S/C48H100N2O6/c1-43(2,3)26-20-18-16-17-19-21-29-49-47(12,13)28-27-46(10,11)42-55-39-38-53-37-36-52-31-23-22-30-50(45(7,8)9)40-48(14,15)56-35-25-33-51-32-24-34-54-41-44(4,5)6/h49H,16-42H2,1-15H3. The molecule has 0 amide bonds. The third kappa shape index (κ3) is 37.9. The number of nitrogens with one attached hydrogen (secondary N) is 1. The highest BCUT2D eigenvalue weighted by Crippen LogP contribution is 2.27. The third-order valence-corrected chi connectivity index (χ3v) is 10.1. The molecular formula is C48H100N2O6. The minimum atomic E-state index is -0.222. The molecule has 0 radical (unpaired) electrons. The largest absolute Gasteiger partial charge is 0.381 e. The zero-order valence-corrected chi connectivity index (χ0v) is 40.5. The maximum atomic E-state index is 6.32. The highest BCUT2D eigenvalue weighted by molar-refractivity contribution is 4.84. The number of hydrogen-bond acceptors (Lipinski definition) is 8. The first-order chi connectivity index (χ1) is 25.9. The Morgan fingerprint density at radius 1 is 0.411 bits per heavy atom. The lowest BCUT2D eigenvalue weighted by Crippen LogP contribution is -2.50. The topological polar surface area (TPSA) is 70.7 Å². The van der Waals surface area contributed by atoms with Crippen molar-refractivity contribution in [3.63, 3.8) is 0 Å². The van der Waals surface area contributed by atoms with E-state index in [-0.39, 0.29) is 27.5 Å². The Hall–Kier alpha value is -0.320. The predicted octanol–water partition coefficient (Wildman–Crippen LogP) is 11.5. The van der Waals surface area contributed by atoms with E-state index >= 15 is 0 Å². The van der Waals surface area contributed by atoms with Crippen molar-refractivity contribution in [3.05, 3.63) is 0 Å². The van der Waals surface area contributed by atoms with Crippen molar-refractivity contribution >= 4 is 0 Å². The lowest BCUT2D eigenvalue weighted by Gasteiger charge is -2.41. The first kappa shape index (κ1) is 55.7. The minimum Gasteiger partial charge on any atom is -0.381 e.